The summed E-state index contributed by atoms with van der Waals surface area (Å²) in [5.74, 6) is 1.70. The molecule has 1 aromatic rings. The summed E-state index contributed by atoms with van der Waals surface area (Å²) in [7, 11) is 1.94. The van der Waals surface area contributed by atoms with E-state index in [0.717, 1.165) is 24.3 Å². The molecule has 0 aromatic heterocycles. The highest BCUT2D eigenvalue weighted by Gasteiger charge is 2.38. The quantitative estimate of drug-likeness (QED) is 0.883. The Morgan fingerprint density at radius 1 is 1.20 bits per heavy atom. The number of rotatable bonds is 3. The van der Waals surface area contributed by atoms with Gasteiger partial charge in [0, 0.05) is 25.7 Å². The summed E-state index contributed by atoms with van der Waals surface area (Å²) in [6.07, 6.45) is 7.26. The van der Waals surface area contributed by atoms with Gasteiger partial charge < -0.3 is 9.64 Å². The third-order valence-corrected chi connectivity index (χ3v) is 6.12. The van der Waals surface area contributed by atoms with Crippen molar-refractivity contribution in [1.82, 2.24) is 15.8 Å². The Kier molecular flexibility index (Phi) is 4.95. The average molecular weight is 343 g/mol. The van der Waals surface area contributed by atoms with Crippen LogP contribution >= 0.6 is 0 Å². The second-order valence-corrected chi connectivity index (χ2v) is 7.84. The number of hydrogen-bond donors (Lipinski definition) is 2. The monoisotopic (exact) mass is 343 g/mol. The summed E-state index contributed by atoms with van der Waals surface area (Å²) in [4.78, 5) is 14.8. The van der Waals surface area contributed by atoms with Crippen LogP contribution in [0.4, 0.5) is 0 Å². The molecule has 0 radical (unpaired) electrons. The number of hydrogen-bond acceptors (Lipinski definition) is 4. The highest BCUT2D eigenvalue weighted by Crippen LogP contribution is 2.30. The number of amides is 1. The number of carbonyl (C=O) groups is 1. The molecule has 2 aliphatic heterocycles. The zero-order valence-corrected chi connectivity index (χ0v) is 15.0. The van der Waals surface area contributed by atoms with E-state index in [4.69, 9.17) is 4.74 Å². The van der Waals surface area contributed by atoms with Crippen LogP contribution in [0.15, 0.2) is 24.3 Å². The minimum Gasteiger partial charge on any atom is -0.492 e. The number of para-hydroxylation sites is 1. The lowest BCUT2D eigenvalue weighted by molar-refractivity contribution is -0.136. The SMILES string of the molecule is CN(CC1NNC2CCCCCC21)C(=O)C1COc2ccccc2C1. The van der Waals surface area contributed by atoms with Crippen LogP contribution in [-0.2, 0) is 11.2 Å². The number of nitrogens with one attached hydrogen (secondary N) is 2. The Morgan fingerprint density at radius 2 is 2.04 bits per heavy atom. The molecule has 1 amide bonds. The molecule has 25 heavy (non-hydrogen) atoms. The molecule has 0 spiro atoms. The van der Waals surface area contributed by atoms with Crippen LogP contribution in [0.5, 0.6) is 5.75 Å². The minimum atomic E-state index is -0.0702. The fraction of sp³-hybridized carbons (Fsp3) is 0.650. The van der Waals surface area contributed by atoms with Gasteiger partial charge in [0.2, 0.25) is 5.91 Å². The van der Waals surface area contributed by atoms with Gasteiger partial charge in [-0.3, -0.25) is 15.6 Å². The predicted octanol–water partition coefficient (Wildman–Crippen LogP) is 2.12. The summed E-state index contributed by atoms with van der Waals surface area (Å²) in [5.41, 5.74) is 8.07. The van der Waals surface area contributed by atoms with Crippen LogP contribution < -0.4 is 15.6 Å². The Balaban J connectivity index is 1.36. The zero-order chi connectivity index (χ0) is 17.2. The Labute approximate surface area is 150 Å². The van der Waals surface area contributed by atoms with E-state index in [0.29, 0.717) is 24.6 Å². The molecule has 136 valence electrons. The van der Waals surface area contributed by atoms with Gasteiger partial charge in [-0.05, 0) is 36.8 Å². The van der Waals surface area contributed by atoms with Crippen molar-refractivity contribution in [1.29, 1.82) is 0 Å². The molecule has 1 saturated carbocycles. The maximum Gasteiger partial charge on any atom is 0.229 e. The number of nitrogens with zero attached hydrogens (tertiary/aromatic N) is 1. The second-order valence-electron chi connectivity index (χ2n) is 7.84. The van der Waals surface area contributed by atoms with Gasteiger partial charge in [0.25, 0.3) is 0 Å². The number of fused-ring (bicyclic) bond motifs is 2. The van der Waals surface area contributed by atoms with Gasteiger partial charge >= 0.3 is 0 Å². The minimum absolute atomic E-state index is 0.0702. The molecule has 2 heterocycles. The van der Waals surface area contributed by atoms with E-state index in [-0.39, 0.29) is 11.8 Å². The number of ether oxygens (including phenoxy) is 1. The van der Waals surface area contributed by atoms with Crippen LogP contribution in [-0.4, -0.2) is 43.1 Å². The number of benzene rings is 1. The molecule has 5 nitrogen and oxygen atoms in total. The molecule has 2 fully saturated rings. The van der Waals surface area contributed by atoms with E-state index in [1.165, 1.54) is 32.1 Å². The Hall–Kier alpha value is -1.59. The number of likely N-dealkylation sites (N-methyl/N-ethyl adjacent to an activating group) is 1. The van der Waals surface area contributed by atoms with E-state index in [1.807, 2.05) is 30.1 Å². The molecule has 1 saturated heterocycles. The van der Waals surface area contributed by atoms with Crippen molar-refractivity contribution in [3.8, 4) is 5.75 Å². The first-order valence-corrected chi connectivity index (χ1v) is 9.69. The van der Waals surface area contributed by atoms with E-state index in [2.05, 4.69) is 16.9 Å². The van der Waals surface area contributed by atoms with Gasteiger partial charge in [0.15, 0.2) is 0 Å². The molecule has 1 aromatic carbocycles. The van der Waals surface area contributed by atoms with E-state index in [1.54, 1.807) is 0 Å². The Morgan fingerprint density at radius 3 is 2.96 bits per heavy atom. The van der Waals surface area contributed by atoms with Gasteiger partial charge in [-0.15, -0.1) is 0 Å². The first kappa shape index (κ1) is 16.9. The fourth-order valence-electron chi connectivity index (χ4n) is 4.68. The topological polar surface area (TPSA) is 53.6 Å². The highest BCUT2D eigenvalue weighted by molar-refractivity contribution is 5.79. The predicted molar refractivity (Wildman–Crippen MR) is 97.2 cm³/mol. The van der Waals surface area contributed by atoms with E-state index in [9.17, 15) is 4.79 Å². The van der Waals surface area contributed by atoms with Gasteiger partial charge in [0.05, 0.1) is 5.92 Å². The number of carbonyl (C=O) groups excluding carboxylic acids is 1. The molecule has 2 N–H and O–H groups in total. The van der Waals surface area contributed by atoms with Crippen LogP contribution in [0.1, 0.15) is 37.7 Å². The van der Waals surface area contributed by atoms with Crippen molar-refractivity contribution in [3.63, 3.8) is 0 Å². The summed E-state index contributed by atoms with van der Waals surface area (Å²) >= 11 is 0. The summed E-state index contributed by atoms with van der Waals surface area (Å²) in [6.45, 7) is 1.26. The van der Waals surface area contributed by atoms with E-state index < -0.39 is 0 Å². The molecule has 0 bridgehead atoms. The molecule has 4 rings (SSSR count). The van der Waals surface area contributed by atoms with Crippen LogP contribution in [0.25, 0.3) is 0 Å². The van der Waals surface area contributed by atoms with Crippen molar-refractivity contribution in [2.24, 2.45) is 11.8 Å². The Bertz CT molecular complexity index is 621. The van der Waals surface area contributed by atoms with Crippen LogP contribution in [0, 0.1) is 11.8 Å². The summed E-state index contributed by atoms with van der Waals surface area (Å²) in [6, 6.07) is 8.97. The van der Waals surface area contributed by atoms with Crippen LogP contribution in [0.2, 0.25) is 0 Å². The third kappa shape index (κ3) is 3.53. The average Bonchev–Trinajstić information content (AvgIpc) is 2.87. The first-order chi connectivity index (χ1) is 12.2. The van der Waals surface area contributed by atoms with Crippen molar-refractivity contribution >= 4 is 5.91 Å². The summed E-state index contributed by atoms with van der Waals surface area (Å²) < 4.78 is 5.80. The molecular formula is C20H29N3O2. The van der Waals surface area contributed by atoms with Gasteiger partial charge in [0.1, 0.15) is 12.4 Å². The fourth-order valence-corrected chi connectivity index (χ4v) is 4.68. The van der Waals surface area contributed by atoms with Crippen molar-refractivity contribution < 1.29 is 9.53 Å². The van der Waals surface area contributed by atoms with Crippen molar-refractivity contribution in [2.45, 2.75) is 50.6 Å². The lowest BCUT2D eigenvalue weighted by Crippen LogP contribution is -2.46. The van der Waals surface area contributed by atoms with Crippen molar-refractivity contribution in [3.05, 3.63) is 29.8 Å². The summed E-state index contributed by atoms with van der Waals surface area (Å²) in [5, 5.41) is 0. The highest BCUT2D eigenvalue weighted by atomic mass is 16.5. The van der Waals surface area contributed by atoms with Crippen LogP contribution in [0.3, 0.4) is 0 Å². The van der Waals surface area contributed by atoms with Crippen molar-refractivity contribution in [2.75, 3.05) is 20.2 Å². The lowest BCUT2D eigenvalue weighted by Gasteiger charge is -2.31. The standard InChI is InChI=1S/C20H29N3O2/c1-23(12-18-16-8-3-2-4-9-17(16)21-22-18)20(24)15-11-14-7-5-6-10-19(14)25-13-15/h5-7,10,15-18,21-22H,2-4,8-9,11-13H2,1H3. The second kappa shape index (κ2) is 7.34. The van der Waals surface area contributed by atoms with Gasteiger partial charge in [-0.1, -0.05) is 37.5 Å². The largest absolute Gasteiger partial charge is 0.492 e. The lowest BCUT2D eigenvalue weighted by atomic mass is 9.89. The number of hydrazine groups is 1. The normalized spacial score (nSPS) is 31.4. The molecule has 4 atom stereocenters. The molecule has 1 aliphatic carbocycles. The third-order valence-electron chi connectivity index (χ3n) is 6.12. The van der Waals surface area contributed by atoms with Gasteiger partial charge in [-0.2, -0.15) is 0 Å². The maximum absolute atomic E-state index is 12.9. The van der Waals surface area contributed by atoms with E-state index >= 15 is 0 Å². The first-order valence-electron chi connectivity index (χ1n) is 9.69. The molecule has 5 heteroatoms. The maximum atomic E-state index is 12.9. The van der Waals surface area contributed by atoms with Gasteiger partial charge in [-0.25, -0.2) is 0 Å². The molecule has 3 aliphatic rings. The molecule has 4 unspecified atom stereocenters. The smallest absolute Gasteiger partial charge is 0.229 e. The zero-order valence-electron chi connectivity index (χ0n) is 15.0. The molecular weight excluding hydrogens is 314 g/mol.